The molecule has 0 heterocycles. The minimum Gasteiger partial charge on any atom is -0.481 e. The number of rotatable bonds is 11. The molecule has 0 saturated heterocycles. The summed E-state index contributed by atoms with van der Waals surface area (Å²) in [6.45, 7) is 6.42. The monoisotopic (exact) mass is 242 g/mol. The van der Waals surface area contributed by atoms with Crippen LogP contribution >= 0.6 is 0 Å². The zero-order chi connectivity index (χ0) is 13.1. The molecule has 0 aliphatic carbocycles. The Hall–Kier alpha value is -0.530. The highest BCUT2D eigenvalue weighted by Crippen LogP contribution is 2.19. The number of carboxylic acid groups (broad SMARTS) is 1. The van der Waals surface area contributed by atoms with Gasteiger partial charge in [0.25, 0.3) is 0 Å². The Morgan fingerprint density at radius 2 is 1.53 bits per heavy atom. The second kappa shape index (κ2) is 10.6. The van der Waals surface area contributed by atoms with Crippen LogP contribution in [0.25, 0.3) is 0 Å². The van der Waals surface area contributed by atoms with Gasteiger partial charge in [-0.3, -0.25) is 4.79 Å². The molecule has 0 aromatic carbocycles. The van der Waals surface area contributed by atoms with Crippen LogP contribution in [-0.2, 0) is 4.79 Å². The maximum atomic E-state index is 11.0. The van der Waals surface area contributed by atoms with Gasteiger partial charge in [-0.15, -0.1) is 0 Å². The minimum atomic E-state index is -0.607. The predicted molar refractivity (Wildman–Crippen MR) is 73.2 cm³/mol. The van der Waals surface area contributed by atoms with E-state index in [1.54, 1.807) is 0 Å². The fourth-order valence-electron chi connectivity index (χ4n) is 2.26. The molecule has 1 atom stereocenters. The van der Waals surface area contributed by atoms with E-state index in [2.05, 4.69) is 20.8 Å². The highest BCUT2D eigenvalue weighted by Gasteiger charge is 2.17. The zero-order valence-corrected chi connectivity index (χ0v) is 11.9. The van der Waals surface area contributed by atoms with Crippen molar-refractivity contribution in [3.8, 4) is 0 Å². The van der Waals surface area contributed by atoms with E-state index in [1.165, 1.54) is 38.5 Å². The summed E-state index contributed by atoms with van der Waals surface area (Å²) in [6, 6.07) is 0. The molecule has 2 nitrogen and oxygen atoms in total. The highest BCUT2D eigenvalue weighted by atomic mass is 16.4. The van der Waals surface area contributed by atoms with Gasteiger partial charge in [-0.1, -0.05) is 65.7 Å². The molecule has 0 aromatic rings. The lowest BCUT2D eigenvalue weighted by Crippen LogP contribution is -2.15. The van der Waals surface area contributed by atoms with Crippen LogP contribution in [0.1, 0.15) is 78.6 Å². The Kier molecular flexibility index (Phi) is 10.3. The van der Waals surface area contributed by atoms with Crippen molar-refractivity contribution in [3.05, 3.63) is 0 Å². The van der Waals surface area contributed by atoms with Crippen LogP contribution in [-0.4, -0.2) is 11.1 Å². The second-order valence-electron chi connectivity index (χ2n) is 5.57. The first kappa shape index (κ1) is 16.5. The van der Waals surface area contributed by atoms with Crippen LogP contribution in [0.4, 0.5) is 0 Å². The fraction of sp³-hybridized carbons (Fsp3) is 0.933. The van der Waals surface area contributed by atoms with E-state index in [9.17, 15) is 4.79 Å². The molecule has 0 aliphatic heterocycles. The molecule has 17 heavy (non-hydrogen) atoms. The molecule has 1 unspecified atom stereocenters. The SMILES string of the molecule is CCCCCCCCCC(CC(C)C)C(=O)O. The van der Waals surface area contributed by atoms with E-state index >= 15 is 0 Å². The summed E-state index contributed by atoms with van der Waals surface area (Å²) < 4.78 is 0. The van der Waals surface area contributed by atoms with Crippen LogP contribution < -0.4 is 0 Å². The highest BCUT2D eigenvalue weighted by molar-refractivity contribution is 5.69. The molecule has 0 saturated carbocycles. The Morgan fingerprint density at radius 1 is 1.00 bits per heavy atom. The minimum absolute atomic E-state index is 0.120. The van der Waals surface area contributed by atoms with Gasteiger partial charge in [0.2, 0.25) is 0 Å². The molecule has 0 aromatic heterocycles. The number of carboxylic acids is 1. The van der Waals surface area contributed by atoms with E-state index in [0.717, 1.165) is 19.3 Å². The van der Waals surface area contributed by atoms with Crippen LogP contribution in [0.15, 0.2) is 0 Å². The van der Waals surface area contributed by atoms with E-state index in [0.29, 0.717) is 5.92 Å². The normalized spacial score (nSPS) is 12.9. The lowest BCUT2D eigenvalue weighted by atomic mass is 9.92. The van der Waals surface area contributed by atoms with Gasteiger partial charge < -0.3 is 5.11 Å². The average molecular weight is 242 g/mol. The molecule has 0 radical (unpaired) electrons. The maximum absolute atomic E-state index is 11.0. The predicted octanol–water partition coefficient (Wildman–Crippen LogP) is 4.87. The molecular weight excluding hydrogens is 212 g/mol. The van der Waals surface area contributed by atoms with Gasteiger partial charge in [0.05, 0.1) is 5.92 Å². The summed E-state index contributed by atoms with van der Waals surface area (Å²) in [4.78, 5) is 11.0. The van der Waals surface area contributed by atoms with Crippen LogP contribution in [0.2, 0.25) is 0 Å². The molecule has 102 valence electrons. The Morgan fingerprint density at radius 3 is 2.00 bits per heavy atom. The van der Waals surface area contributed by atoms with Crippen molar-refractivity contribution in [1.29, 1.82) is 0 Å². The van der Waals surface area contributed by atoms with Gasteiger partial charge in [-0.2, -0.15) is 0 Å². The molecule has 0 amide bonds. The Bertz CT molecular complexity index is 187. The van der Waals surface area contributed by atoms with Crippen molar-refractivity contribution in [1.82, 2.24) is 0 Å². The second-order valence-corrected chi connectivity index (χ2v) is 5.57. The summed E-state index contributed by atoms with van der Waals surface area (Å²) >= 11 is 0. The molecule has 0 rings (SSSR count). The zero-order valence-electron chi connectivity index (χ0n) is 11.9. The first-order chi connectivity index (χ1) is 8.07. The third-order valence-corrected chi connectivity index (χ3v) is 3.26. The van der Waals surface area contributed by atoms with Crippen molar-refractivity contribution < 1.29 is 9.90 Å². The van der Waals surface area contributed by atoms with Gasteiger partial charge in [0, 0.05) is 0 Å². The maximum Gasteiger partial charge on any atom is 0.306 e. The first-order valence-corrected chi connectivity index (χ1v) is 7.30. The molecule has 0 bridgehead atoms. The number of hydrogen-bond donors (Lipinski definition) is 1. The number of hydrogen-bond acceptors (Lipinski definition) is 1. The lowest BCUT2D eigenvalue weighted by molar-refractivity contribution is -0.142. The van der Waals surface area contributed by atoms with Gasteiger partial charge >= 0.3 is 5.97 Å². The smallest absolute Gasteiger partial charge is 0.306 e. The first-order valence-electron chi connectivity index (χ1n) is 7.30. The third kappa shape index (κ3) is 10.3. The van der Waals surface area contributed by atoms with Crippen molar-refractivity contribution in [2.75, 3.05) is 0 Å². The van der Waals surface area contributed by atoms with Gasteiger partial charge in [0.15, 0.2) is 0 Å². The molecule has 0 fully saturated rings. The Labute approximate surface area is 107 Å². The number of aliphatic carboxylic acids is 1. The van der Waals surface area contributed by atoms with Crippen LogP contribution in [0.5, 0.6) is 0 Å². The largest absolute Gasteiger partial charge is 0.481 e. The number of carbonyl (C=O) groups is 1. The van der Waals surface area contributed by atoms with Gasteiger partial charge in [-0.05, 0) is 18.8 Å². The molecule has 0 aliphatic rings. The lowest BCUT2D eigenvalue weighted by Gasteiger charge is -2.14. The molecular formula is C15H30O2. The van der Waals surface area contributed by atoms with Crippen molar-refractivity contribution >= 4 is 5.97 Å². The Balaban J connectivity index is 3.51. The molecule has 1 N–H and O–H groups in total. The van der Waals surface area contributed by atoms with Crippen LogP contribution in [0, 0.1) is 11.8 Å². The van der Waals surface area contributed by atoms with E-state index in [1.807, 2.05) is 0 Å². The molecule has 2 heteroatoms. The topological polar surface area (TPSA) is 37.3 Å². The number of unbranched alkanes of at least 4 members (excludes halogenated alkanes) is 6. The van der Waals surface area contributed by atoms with Crippen molar-refractivity contribution in [2.24, 2.45) is 11.8 Å². The van der Waals surface area contributed by atoms with E-state index < -0.39 is 5.97 Å². The average Bonchev–Trinajstić information content (AvgIpc) is 2.25. The standard InChI is InChI=1S/C15H30O2/c1-4-5-6-7-8-9-10-11-14(15(16)17)12-13(2)3/h13-14H,4-12H2,1-3H3,(H,16,17). The summed E-state index contributed by atoms with van der Waals surface area (Å²) in [5.41, 5.74) is 0. The van der Waals surface area contributed by atoms with Gasteiger partial charge in [-0.25, -0.2) is 0 Å². The summed E-state index contributed by atoms with van der Waals surface area (Å²) in [5, 5.41) is 9.09. The summed E-state index contributed by atoms with van der Waals surface area (Å²) in [5.74, 6) is -0.240. The van der Waals surface area contributed by atoms with Gasteiger partial charge in [0.1, 0.15) is 0 Å². The van der Waals surface area contributed by atoms with E-state index in [-0.39, 0.29) is 5.92 Å². The third-order valence-electron chi connectivity index (χ3n) is 3.26. The summed E-state index contributed by atoms with van der Waals surface area (Å²) in [7, 11) is 0. The van der Waals surface area contributed by atoms with E-state index in [4.69, 9.17) is 5.11 Å². The van der Waals surface area contributed by atoms with Crippen molar-refractivity contribution in [3.63, 3.8) is 0 Å². The van der Waals surface area contributed by atoms with Crippen molar-refractivity contribution in [2.45, 2.75) is 78.6 Å². The molecule has 0 spiro atoms. The van der Waals surface area contributed by atoms with Crippen LogP contribution in [0.3, 0.4) is 0 Å². The summed E-state index contributed by atoms with van der Waals surface area (Å²) in [6.07, 6.45) is 10.5. The quantitative estimate of drug-likeness (QED) is 0.525. The fourth-order valence-corrected chi connectivity index (χ4v) is 2.26.